The summed E-state index contributed by atoms with van der Waals surface area (Å²) in [6, 6.07) is 0.437. The molecule has 2 fully saturated rings. The maximum absolute atomic E-state index is 11.8. The third-order valence-corrected chi connectivity index (χ3v) is 6.10. The maximum atomic E-state index is 11.8. The van der Waals surface area contributed by atoms with Gasteiger partial charge in [-0.05, 0) is 32.2 Å². The molecule has 0 bridgehead atoms. The van der Waals surface area contributed by atoms with Crippen LogP contribution in [0.2, 0.25) is 0 Å². The molecule has 26 heavy (non-hydrogen) atoms. The number of nitrogens with one attached hydrogen (secondary N) is 3. The normalized spacial score (nSPS) is 25.5. The average molecular weight is 408 g/mol. The third-order valence-electron chi connectivity index (χ3n) is 4.45. The summed E-state index contributed by atoms with van der Waals surface area (Å²) in [4.78, 5) is 23.1. The number of aliphatic hydroxyl groups excluding tert-OH is 1. The van der Waals surface area contributed by atoms with Crippen molar-refractivity contribution in [2.45, 2.75) is 55.5 Å². The van der Waals surface area contributed by atoms with E-state index in [-0.39, 0.29) is 37.2 Å². The third kappa shape index (κ3) is 7.51. The SMILES string of the molecule is O=C(CCCCC1SCC2NC(=O)NC21)NCCCOCC(O)COS. The summed E-state index contributed by atoms with van der Waals surface area (Å²) in [7, 11) is 0. The number of carbonyl (C=O) groups is 2. The number of thiol groups is 1. The zero-order chi connectivity index (χ0) is 18.8. The van der Waals surface area contributed by atoms with Crippen LogP contribution in [0.15, 0.2) is 0 Å². The van der Waals surface area contributed by atoms with Crippen LogP contribution < -0.4 is 16.0 Å². The Morgan fingerprint density at radius 3 is 3.00 bits per heavy atom. The van der Waals surface area contributed by atoms with Crippen LogP contribution in [0.4, 0.5) is 4.79 Å². The van der Waals surface area contributed by atoms with E-state index in [2.05, 4.69) is 33.0 Å². The summed E-state index contributed by atoms with van der Waals surface area (Å²) in [5.74, 6) is 1.02. The smallest absolute Gasteiger partial charge is 0.315 e. The molecule has 0 spiro atoms. The molecular formula is C16H29N3O5S2. The van der Waals surface area contributed by atoms with Gasteiger partial charge in [-0.3, -0.25) is 4.79 Å². The van der Waals surface area contributed by atoms with Gasteiger partial charge in [0.05, 0.1) is 25.3 Å². The number of urea groups is 1. The van der Waals surface area contributed by atoms with Crippen LogP contribution in [0.25, 0.3) is 0 Å². The lowest BCUT2D eigenvalue weighted by atomic mass is 10.0. The molecule has 0 aliphatic carbocycles. The molecule has 4 N–H and O–H groups in total. The van der Waals surface area contributed by atoms with Gasteiger partial charge in [-0.1, -0.05) is 6.42 Å². The molecule has 10 heteroatoms. The first kappa shape index (κ1) is 21.6. The van der Waals surface area contributed by atoms with Crippen molar-refractivity contribution in [2.75, 3.05) is 32.1 Å². The molecular weight excluding hydrogens is 378 g/mol. The van der Waals surface area contributed by atoms with E-state index in [1.54, 1.807) is 0 Å². The van der Waals surface area contributed by atoms with Gasteiger partial charge in [-0.2, -0.15) is 11.8 Å². The van der Waals surface area contributed by atoms with E-state index in [0.717, 1.165) is 25.0 Å². The number of rotatable bonds is 13. The second kappa shape index (κ2) is 11.9. The van der Waals surface area contributed by atoms with Gasteiger partial charge in [0.15, 0.2) is 0 Å². The van der Waals surface area contributed by atoms with Crippen LogP contribution in [-0.2, 0) is 13.7 Å². The molecule has 8 nitrogen and oxygen atoms in total. The summed E-state index contributed by atoms with van der Waals surface area (Å²) < 4.78 is 9.78. The van der Waals surface area contributed by atoms with Crippen LogP contribution in [0.3, 0.4) is 0 Å². The van der Waals surface area contributed by atoms with Crippen molar-refractivity contribution in [1.82, 2.24) is 16.0 Å². The van der Waals surface area contributed by atoms with E-state index >= 15 is 0 Å². The van der Waals surface area contributed by atoms with Crippen molar-refractivity contribution in [3.05, 3.63) is 0 Å². The molecule has 0 aromatic rings. The zero-order valence-corrected chi connectivity index (χ0v) is 16.5. The van der Waals surface area contributed by atoms with Crippen molar-refractivity contribution in [2.24, 2.45) is 0 Å². The van der Waals surface area contributed by atoms with E-state index in [9.17, 15) is 14.7 Å². The second-order valence-corrected chi connectivity index (χ2v) is 8.13. The Morgan fingerprint density at radius 2 is 2.19 bits per heavy atom. The molecule has 4 atom stereocenters. The minimum absolute atomic E-state index is 0.0568. The van der Waals surface area contributed by atoms with Crippen molar-refractivity contribution in [1.29, 1.82) is 0 Å². The number of hydrogen-bond donors (Lipinski definition) is 5. The van der Waals surface area contributed by atoms with Crippen molar-refractivity contribution >= 4 is 36.6 Å². The predicted molar refractivity (Wildman–Crippen MR) is 103 cm³/mol. The highest BCUT2D eigenvalue weighted by molar-refractivity contribution is 8.00. The highest BCUT2D eigenvalue weighted by atomic mass is 32.2. The first-order valence-corrected chi connectivity index (χ1v) is 10.5. The number of unbranched alkanes of at least 4 members (excludes halogenated alkanes) is 1. The topological polar surface area (TPSA) is 109 Å². The Labute approximate surface area is 164 Å². The molecule has 2 rings (SSSR count). The molecule has 0 aromatic carbocycles. The van der Waals surface area contributed by atoms with E-state index in [4.69, 9.17) is 4.74 Å². The highest BCUT2D eigenvalue weighted by Crippen LogP contribution is 2.33. The molecule has 3 amide bonds. The fourth-order valence-corrected chi connectivity index (χ4v) is 4.83. The number of amides is 3. The van der Waals surface area contributed by atoms with Gasteiger partial charge in [-0.25, -0.2) is 4.79 Å². The van der Waals surface area contributed by atoms with Crippen LogP contribution in [0, 0.1) is 0 Å². The van der Waals surface area contributed by atoms with Crippen LogP contribution in [0.1, 0.15) is 32.1 Å². The van der Waals surface area contributed by atoms with Gasteiger partial charge in [0, 0.05) is 30.6 Å². The Hall–Kier alpha value is -0.680. The lowest BCUT2D eigenvalue weighted by molar-refractivity contribution is -0.121. The van der Waals surface area contributed by atoms with E-state index in [1.165, 1.54) is 0 Å². The van der Waals surface area contributed by atoms with Crippen molar-refractivity contribution in [3.8, 4) is 0 Å². The Bertz CT molecular complexity index is 458. The summed E-state index contributed by atoms with van der Waals surface area (Å²) in [5.41, 5.74) is 0. The number of ether oxygens (including phenoxy) is 1. The zero-order valence-electron chi connectivity index (χ0n) is 14.8. The van der Waals surface area contributed by atoms with Crippen LogP contribution >= 0.6 is 24.7 Å². The van der Waals surface area contributed by atoms with Gasteiger partial charge in [0.25, 0.3) is 0 Å². The maximum Gasteiger partial charge on any atom is 0.315 e. The number of thioether (sulfide) groups is 1. The van der Waals surface area contributed by atoms with Gasteiger partial charge in [0.1, 0.15) is 6.10 Å². The Morgan fingerprint density at radius 1 is 1.35 bits per heavy atom. The molecule has 2 aliphatic rings. The monoisotopic (exact) mass is 407 g/mol. The molecule has 0 saturated carbocycles. The van der Waals surface area contributed by atoms with Gasteiger partial charge < -0.3 is 30.0 Å². The van der Waals surface area contributed by atoms with Gasteiger partial charge >= 0.3 is 6.03 Å². The van der Waals surface area contributed by atoms with E-state index in [0.29, 0.717) is 31.2 Å². The van der Waals surface area contributed by atoms with Crippen LogP contribution in [0.5, 0.6) is 0 Å². The first-order chi connectivity index (χ1) is 12.6. The molecule has 2 saturated heterocycles. The van der Waals surface area contributed by atoms with Crippen molar-refractivity contribution < 1.29 is 23.6 Å². The Balaban J connectivity index is 1.42. The summed E-state index contributed by atoms with van der Waals surface area (Å²) in [6.07, 6.45) is 3.41. The second-order valence-electron chi connectivity index (χ2n) is 6.60. The largest absolute Gasteiger partial charge is 0.388 e. The van der Waals surface area contributed by atoms with E-state index < -0.39 is 6.10 Å². The fourth-order valence-electron chi connectivity index (χ4n) is 3.12. The predicted octanol–water partition coefficient (Wildman–Crippen LogP) is 0.457. The van der Waals surface area contributed by atoms with E-state index in [1.807, 2.05) is 11.8 Å². The first-order valence-electron chi connectivity index (χ1n) is 9.07. The summed E-state index contributed by atoms with van der Waals surface area (Å²) >= 11 is 5.46. The quantitative estimate of drug-likeness (QED) is 0.131. The number of aliphatic hydroxyl groups is 1. The number of carbonyl (C=O) groups excluding carboxylic acids is 2. The minimum atomic E-state index is -0.677. The average Bonchev–Trinajstić information content (AvgIpc) is 3.14. The molecule has 0 aromatic heterocycles. The van der Waals surface area contributed by atoms with Gasteiger partial charge in [-0.15, -0.1) is 0 Å². The molecule has 2 aliphatic heterocycles. The molecule has 2 heterocycles. The van der Waals surface area contributed by atoms with Crippen molar-refractivity contribution in [3.63, 3.8) is 0 Å². The molecule has 4 unspecified atom stereocenters. The lowest BCUT2D eigenvalue weighted by Crippen LogP contribution is -2.36. The summed E-state index contributed by atoms with van der Waals surface area (Å²) in [5, 5.41) is 18.6. The molecule has 150 valence electrons. The minimum Gasteiger partial charge on any atom is -0.388 e. The highest BCUT2D eigenvalue weighted by Gasteiger charge is 2.42. The number of fused-ring (bicyclic) bond motifs is 1. The molecule has 0 radical (unpaired) electrons. The standard InChI is InChI=1S/C16H29N3O5S2/c20-11(9-24-25)8-23-7-3-6-17-14(21)5-2-1-4-13-15-12(10-26-13)18-16(22)19-15/h11-13,15,20,25H,1-10H2,(H,17,21)(H2,18,19,22). The Kier molecular flexibility index (Phi) is 9.91. The van der Waals surface area contributed by atoms with Gasteiger partial charge in [0.2, 0.25) is 5.91 Å². The number of hydrogen-bond acceptors (Lipinski definition) is 7. The van der Waals surface area contributed by atoms with Crippen LogP contribution in [-0.4, -0.2) is 72.6 Å². The fraction of sp³-hybridized carbons (Fsp3) is 0.875. The summed E-state index contributed by atoms with van der Waals surface area (Å²) in [6.45, 7) is 1.37. The lowest BCUT2D eigenvalue weighted by Gasteiger charge is -2.16.